The molecule has 114 valence electrons. The van der Waals surface area contributed by atoms with Crippen LogP contribution in [0.15, 0.2) is 4.99 Å². The van der Waals surface area contributed by atoms with Crippen molar-refractivity contribution in [2.45, 2.75) is 64.7 Å². The van der Waals surface area contributed by atoms with Gasteiger partial charge >= 0.3 is 51.4 Å². The minimum absolute atomic E-state index is 0. The first kappa shape index (κ1) is 23.3. The fraction of sp³-hybridized carbons (Fsp3) is 0.923. The van der Waals surface area contributed by atoms with Crippen molar-refractivity contribution in [2.24, 2.45) is 4.99 Å². The van der Waals surface area contributed by atoms with Gasteiger partial charge in [-0.05, 0) is 25.2 Å². The zero-order valence-corrected chi connectivity index (χ0v) is 16.7. The Kier molecular flexibility index (Phi) is 17.4. The molecular weight excluding hydrogens is 305 g/mol. The molecule has 5 nitrogen and oxygen atoms in total. The molecule has 0 spiro atoms. The molecule has 0 aromatic heterocycles. The zero-order chi connectivity index (χ0) is 14.6. The van der Waals surface area contributed by atoms with Gasteiger partial charge in [0.2, 0.25) is 0 Å². The molecule has 0 aliphatic carbocycles. The third-order valence-electron chi connectivity index (χ3n) is 2.84. The molecular formula is C13H26KNO4S. The van der Waals surface area contributed by atoms with Gasteiger partial charge in [-0.25, -0.2) is 0 Å². The summed E-state index contributed by atoms with van der Waals surface area (Å²) in [5.41, 5.74) is 0. The summed E-state index contributed by atoms with van der Waals surface area (Å²) >= 11 is 0. The molecule has 0 heterocycles. The van der Waals surface area contributed by atoms with Crippen LogP contribution >= 0.6 is 0 Å². The molecule has 0 atom stereocenters. The number of aliphatic imine (C=N–C) groups is 1. The van der Waals surface area contributed by atoms with Crippen LogP contribution in [-0.4, -0.2) is 31.2 Å². The molecule has 0 aromatic carbocycles. The van der Waals surface area contributed by atoms with Gasteiger partial charge in [0.05, 0.1) is 5.75 Å². The summed E-state index contributed by atoms with van der Waals surface area (Å²) in [7, 11) is -3.93. The first-order valence-electron chi connectivity index (χ1n) is 7.11. The summed E-state index contributed by atoms with van der Waals surface area (Å²) in [6.07, 6.45) is 8.72. The van der Waals surface area contributed by atoms with Crippen molar-refractivity contribution in [1.82, 2.24) is 0 Å². The number of hydrogen-bond acceptors (Lipinski definition) is 4. The van der Waals surface area contributed by atoms with Gasteiger partial charge in [0.15, 0.2) is 0 Å². The predicted molar refractivity (Wildman–Crippen MR) is 75.9 cm³/mol. The fourth-order valence-electron chi connectivity index (χ4n) is 1.76. The molecule has 0 unspecified atom stereocenters. The summed E-state index contributed by atoms with van der Waals surface area (Å²) in [4.78, 5) is 3.76. The van der Waals surface area contributed by atoms with Gasteiger partial charge in [0.25, 0.3) is 10.1 Å². The summed E-state index contributed by atoms with van der Waals surface area (Å²) in [6.45, 7) is 2.36. The number of rotatable bonds is 12. The van der Waals surface area contributed by atoms with E-state index in [-0.39, 0.29) is 76.0 Å². The predicted octanol–water partition coefficient (Wildman–Crippen LogP) is -0.832. The molecule has 0 saturated carbocycles. The van der Waals surface area contributed by atoms with Gasteiger partial charge < -0.3 is 10.1 Å². The van der Waals surface area contributed by atoms with Crippen LogP contribution in [0, 0.1) is 0 Å². The summed E-state index contributed by atoms with van der Waals surface area (Å²) in [5, 5.41) is 11.3. The van der Waals surface area contributed by atoms with Crippen LogP contribution in [0.4, 0.5) is 0 Å². The van der Waals surface area contributed by atoms with Crippen molar-refractivity contribution >= 4 is 16.0 Å². The molecule has 0 rings (SSSR count). The van der Waals surface area contributed by atoms with Crippen molar-refractivity contribution in [3.05, 3.63) is 0 Å². The van der Waals surface area contributed by atoms with E-state index in [9.17, 15) is 13.5 Å². The Morgan fingerprint density at radius 1 is 1.05 bits per heavy atom. The maximum Gasteiger partial charge on any atom is 1.00 e. The minimum Gasteiger partial charge on any atom is -0.862 e. The molecule has 20 heavy (non-hydrogen) atoms. The van der Waals surface area contributed by atoms with Crippen molar-refractivity contribution in [2.75, 3.05) is 12.3 Å². The maximum atomic E-state index is 11.3. The van der Waals surface area contributed by atoms with E-state index in [0.29, 0.717) is 6.42 Å². The molecule has 0 bridgehead atoms. The first-order chi connectivity index (χ1) is 8.95. The molecule has 0 aliphatic heterocycles. The Balaban J connectivity index is 0. The molecule has 1 N–H and O–H groups in total. The third kappa shape index (κ3) is 19.0. The van der Waals surface area contributed by atoms with Crippen LogP contribution in [0.1, 0.15) is 64.7 Å². The average Bonchev–Trinajstić information content (AvgIpc) is 2.32. The van der Waals surface area contributed by atoms with Crippen molar-refractivity contribution in [1.29, 1.82) is 0 Å². The van der Waals surface area contributed by atoms with E-state index in [1.165, 1.54) is 25.7 Å². The van der Waals surface area contributed by atoms with Crippen molar-refractivity contribution < 1.29 is 69.5 Å². The van der Waals surface area contributed by atoms with E-state index in [1.807, 2.05) is 0 Å². The van der Waals surface area contributed by atoms with E-state index in [1.54, 1.807) is 0 Å². The third-order valence-corrected chi connectivity index (χ3v) is 3.65. The van der Waals surface area contributed by atoms with E-state index in [4.69, 9.17) is 4.55 Å². The topological polar surface area (TPSA) is 89.8 Å². The number of hydrogen-bond donors (Lipinski definition) is 1. The molecule has 0 aliphatic rings. The molecule has 0 aromatic rings. The normalized spacial score (nSPS) is 12.2. The standard InChI is InChI=1S/C13H27NO4S.K/c1-2-3-4-5-6-7-8-10-13(15)14-11-9-12-19(16,17)18;/h2-12H2,1H3,(H,14,15)(H,16,17,18);/q;+1/p-1. The van der Waals surface area contributed by atoms with Crippen LogP contribution in [0.3, 0.4) is 0 Å². The average molecular weight is 332 g/mol. The van der Waals surface area contributed by atoms with Crippen LogP contribution in [0.25, 0.3) is 0 Å². The van der Waals surface area contributed by atoms with Gasteiger partial charge in [0, 0.05) is 6.54 Å². The summed E-state index contributed by atoms with van der Waals surface area (Å²) < 4.78 is 29.3. The zero-order valence-electron chi connectivity index (χ0n) is 12.8. The van der Waals surface area contributed by atoms with E-state index < -0.39 is 10.1 Å². The van der Waals surface area contributed by atoms with Gasteiger partial charge in [-0.15, -0.1) is 0 Å². The van der Waals surface area contributed by atoms with E-state index >= 15 is 0 Å². The Morgan fingerprint density at radius 2 is 1.60 bits per heavy atom. The summed E-state index contributed by atoms with van der Waals surface area (Å²) in [5.74, 6) is -0.495. The van der Waals surface area contributed by atoms with Crippen LogP contribution in [0.5, 0.6) is 0 Å². The Labute approximate surface area is 165 Å². The quantitative estimate of drug-likeness (QED) is 0.166. The van der Waals surface area contributed by atoms with Crippen LogP contribution in [0.2, 0.25) is 0 Å². The van der Waals surface area contributed by atoms with Crippen LogP contribution < -0.4 is 56.5 Å². The van der Waals surface area contributed by atoms with Gasteiger partial charge in [-0.3, -0.25) is 4.55 Å². The van der Waals surface area contributed by atoms with E-state index in [2.05, 4.69) is 11.9 Å². The molecule has 0 saturated heterocycles. The molecule has 7 heteroatoms. The van der Waals surface area contributed by atoms with Gasteiger partial charge in [-0.2, -0.15) is 8.42 Å². The minimum atomic E-state index is -3.93. The first-order valence-corrected chi connectivity index (χ1v) is 8.72. The molecule has 0 fully saturated rings. The second-order valence-electron chi connectivity index (χ2n) is 4.79. The smallest absolute Gasteiger partial charge is 0.862 e. The number of nitrogens with zero attached hydrogens (tertiary/aromatic N) is 1. The SMILES string of the molecule is CCCCCCCCCC([O-])=NCCCS(=O)(=O)O.[K+]. The fourth-order valence-corrected chi connectivity index (χ4v) is 2.26. The van der Waals surface area contributed by atoms with Gasteiger partial charge in [0.1, 0.15) is 0 Å². The monoisotopic (exact) mass is 331 g/mol. The number of unbranched alkanes of at least 4 members (excludes halogenated alkanes) is 6. The maximum absolute atomic E-state index is 11.3. The van der Waals surface area contributed by atoms with Crippen molar-refractivity contribution in [3.8, 4) is 0 Å². The van der Waals surface area contributed by atoms with Crippen LogP contribution in [-0.2, 0) is 10.1 Å². The van der Waals surface area contributed by atoms with Gasteiger partial charge in [-0.1, -0.05) is 45.4 Å². The summed E-state index contributed by atoms with van der Waals surface area (Å²) in [6, 6.07) is 0. The molecule has 0 radical (unpaired) electrons. The Bertz CT molecular complexity index is 344. The Morgan fingerprint density at radius 3 is 2.15 bits per heavy atom. The Hall–Kier alpha value is 1.02. The largest absolute Gasteiger partial charge is 1.00 e. The van der Waals surface area contributed by atoms with E-state index in [0.717, 1.165) is 19.3 Å². The van der Waals surface area contributed by atoms with Crippen molar-refractivity contribution in [3.63, 3.8) is 0 Å². The second kappa shape index (κ2) is 14.9. The second-order valence-corrected chi connectivity index (χ2v) is 6.36. The molecule has 0 amide bonds.